The maximum Gasteiger partial charge on any atom is 0.327 e. The number of carbonyl (C=O) groups is 2. The predicted octanol–water partition coefficient (Wildman–Crippen LogP) is -0.578. The molecular weight excluding hydrogens is 330 g/mol. The minimum absolute atomic E-state index is 0.0328. The minimum Gasteiger partial charge on any atom is -0.480 e. The number of β-lactam (4-membered cyclic amide) rings is 1. The van der Waals surface area contributed by atoms with Crippen LogP contribution in [-0.4, -0.2) is 62.8 Å². The summed E-state index contributed by atoms with van der Waals surface area (Å²) in [5.74, 6) is -0.915. The number of fused-ring (bicyclic) bond motifs is 2. The van der Waals surface area contributed by atoms with Gasteiger partial charge in [0.05, 0.1) is 17.0 Å². The number of hydrogen-bond acceptors (Lipinski definition) is 6. The molecule has 2 fully saturated rings. The van der Waals surface area contributed by atoms with Gasteiger partial charge in [-0.2, -0.15) is 0 Å². The van der Waals surface area contributed by atoms with Crippen LogP contribution in [0.5, 0.6) is 0 Å². The minimum atomic E-state index is -3.32. The maximum atomic E-state index is 12.1. The molecule has 2 saturated heterocycles. The zero-order chi connectivity index (χ0) is 15.6. The topological polar surface area (TPSA) is 110 Å². The summed E-state index contributed by atoms with van der Waals surface area (Å²) >= 11 is 1.39. The van der Waals surface area contributed by atoms with Gasteiger partial charge in [0, 0.05) is 18.5 Å². The largest absolute Gasteiger partial charge is 0.480 e. The molecular formula is C12H11N3O5S2. The zero-order valence-corrected chi connectivity index (χ0v) is 12.8. The van der Waals surface area contributed by atoms with E-state index in [1.165, 1.54) is 16.7 Å². The average molecular weight is 341 g/mol. The van der Waals surface area contributed by atoms with Crippen LogP contribution >= 0.6 is 11.8 Å². The number of aliphatic carboxylic acids is 1. The molecule has 3 aliphatic heterocycles. The van der Waals surface area contributed by atoms with Crippen molar-refractivity contribution in [1.82, 2.24) is 14.5 Å². The molecule has 1 amide bonds. The number of hydrogen-bond donors (Lipinski definition) is 1. The fourth-order valence-electron chi connectivity index (χ4n) is 2.87. The molecule has 1 aromatic heterocycles. The highest BCUT2D eigenvalue weighted by atomic mass is 32.2. The molecule has 0 bridgehead atoms. The third-order valence-electron chi connectivity index (χ3n) is 3.97. The van der Waals surface area contributed by atoms with Crippen molar-refractivity contribution in [3.05, 3.63) is 17.5 Å². The van der Waals surface area contributed by atoms with Crippen LogP contribution < -0.4 is 0 Å². The normalized spacial score (nSPS) is 30.3. The van der Waals surface area contributed by atoms with Crippen molar-refractivity contribution in [1.29, 1.82) is 0 Å². The Labute approximate surface area is 129 Å². The van der Waals surface area contributed by atoms with Crippen LogP contribution in [0.15, 0.2) is 16.9 Å². The first-order chi connectivity index (χ1) is 10.4. The van der Waals surface area contributed by atoms with E-state index in [4.69, 9.17) is 5.11 Å². The zero-order valence-electron chi connectivity index (χ0n) is 11.2. The maximum absolute atomic E-state index is 12.1. The Morgan fingerprint density at radius 1 is 1.50 bits per heavy atom. The van der Waals surface area contributed by atoms with Gasteiger partial charge in [-0.1, -0.05) is 0 Å². The molecule has 1 N–H and O–H groups in total. The average Bonchev–Trinajstić information content (AvgIpc) is 3.10. The summed E-state index contributed by atoms with van der Waals surface area (Å²) in [6.45, 7) is 0.368. The lowest BCUT2D eigenvalue weighted by atomic mass is 10.0. The molecule has 0 aliphatic carbocycles. The van der Waals surface area contributed by atoms with Crippen molar-refractivity contribution in [2.24, 2.45) is 0 Å². The van der Waals surface area contributed by atoms with Gasteiger partial charge < -0.3 is 14.6 Å². The Balaban J connectivity index is 1.64. The number of carboxylic acid groups (broad SMARTS) is 1. The molecule has 2 unspecified atom stereocenters. The molecule has 1 aromatic rings. The number of amides is 1. The summed E-state index contributed by atoms with van der Waals surface area (Å²) in [5, 5.41) is 8.81. The molecule has 116 valence electrons. The molecule has 4 rings (SSSR count). The smallest absolute Gasteiger partial charge is 0.327 e. The van der Waals surface area contributed by atoms with E-state index < -0.39 is 21.8 Å². The van der Waals surface area contributed by atoms with Crippen LogP contribution in [0.3, 0.4) is 0 Å². The number of nitrogens with zero attached hydrogens (tertiary/aromatic N) is 3. The Bertz CT molecular complexity index is 841. The van der Waals surface area contributed by atoms with E-state index in [9.17, 15) is 18.0 Å². The molecule has 2 atom stereocenters. The second-order valence-corrected chi connectivity index (χ2v) is 8.43. The summed E-state index contributed by atoms with van der Waals surface area (Å²) in [4.78, 5) is 28.6. The van der Waals surface area contributed by atoms with E-state index >= 15 is 0 Å². The predicted molar refractivity (Wildman–Crippen MR) is 76.8 cm³/mol. The van der Waals surface area contributed by atoms with Gasteiger partial charge in [-0.3, -0.25) is 4.79 Å². The monoisotopic (exact) mass is 341 g/mol. The molecule has 0 radical (unpaired) electrons. The quantitative estimate of drug-likeness (QED) is 0.566. The first kappa shape index (κ1) is 13.8. The highest BCUT2D eigenvalue weighted by Gasteiger charge is 2.53. The standard InChI is InChI=1S/C12H11N3O5S2/c16-9-7(10-15(9)8(5-21-10)11(17)18)3-6-4-14-1-2-22(19,20)12(14)13-6/h3-4,8,10H,1-2,5H2,(H,17,18). The molecule has 8 nitrogen and oxygen atoms in total. The van der Waals surface area contributed by atoms with Crippen molar-refractivity contribution in [3.8, 4) is 0 Å². The third-order valence-corrected chi connectivity index (χ3v) is 6.88. The lowest BCUT2D eigenvalue weighted by Crippen LogP contribution is -2.56. The highest BCUT2D eigenvalue weighted by Crippen LogP contribution is 2.43. The van der Waals surface area contributed by atoms with Gasteiger partial charge in [-0.25, -0.2) is 18.2 Å². The number of carboxylic acids is 1. The van der Waals surface area contributed by atoms with Gasteiger partial charge in [0.15, 0.2) is 0 Å². The van der Waals surface area contributed by atoms with E-state index in [0.29, 0.717) is 23.6 Å². The first-order valence-electron chi connectivity index (χ1n) is 6.57. The summed E-state index contributed by atoms with van der Waals surface area (Å²) < 4.78 is 25.1. The molecule has 10 heteroatoms. The Morgan fingerprint density at radius 2 is 2.27 bits per heavy atom. The number of carbonyl (C=O) groups excluding carboxylic acids is 1. The lowest BCUT2D eigenvalue weighted by Gasteiger charge is -2.38. The lowest BCUT2D eigenvalue weighted by molar-refractivity contribution is -0.150. The van der Waals surface area contributed by atoms with E-state index in [1.54, 1.807) is 16.8 Å². The van der Waals surface area contributed by atoms with E-state index in [2.05, 4.69) is 4.98 Å². The van der Waals surface area contributed by atoms with Crippen LogP contribution in [0.1, 0.15) is 5.69 Å². The molecule has 22 heavy (non-hydrogen) atoms. The fraction of sp³-hybridized carbons (Fsp3) is 0.417. The van der Waals surface area contributed by atoms with Gasteiger partial charge in [-0.05, 0) is 6.08 Å². The number of thioether (sulfide) groups is 1. The van der Waals surface area contributed by atoms with Crippen LogP contribution in [0.4, 0.5) is 0 Å². The third kappa shape index (κ3) is 1.76. The van der Waals surface area contributed by atoms with E-state index in [1.807, 2.05) is 0 Å². The summed E-state index contributed by atoms with van der Waals surface area (Å²) in [6, 6.07) is -0.785. The van der Waals surface area contributed by atoms with Crippen molar-refractivity contribution in [2.75, 3.05) is 11.5 Å². The molecule has 3 aliphatic rings. The number of sulfone groups is 1. The number of imidazole rings is 1. The second kappa shape index (κ2) is 4.35. The summed E-state index contributed by atoms with van der Waals surface area (Å²) in [7, 11) is -3.32. The SMILES string of the molecule is O=C(O)C1CSC2C(=Cc3cn4c(n3)S(=O)(=O)CC4)C(=O)N12. The highest BCUT2D eigenvalue weighted by molar-refractivity contribution is 8.00. The van der Waals surface area contributed by atoms with Gasteiger partial charge in [0.2, 0.25) is 15.0 Å². The summed E-state index contributed by atoms with van der Waals surface area (Å²) in [6.07, 6.45) is 3.17. The van der Waals surface area contributed by atoms with Crippen molar-refractivity contribution in [3.63, 3.8) is 0 Å². The van der Waals surface area contributed by atoms with Crippen molar-refractivity contribution >= 4 is 39.6 Å². The Kier molecular flexibility index (Phi) is 2.74. The molecule has 0 spiro atoms. The summed E-state index contributed by atoms with van der Waals surface area (Å²) in [5.41, 5.74) is 0.892. The van der Waals surface area contributed by atoms with Crippen molar-refractivity contribution < 1.29 is 23.1 Å². The Hall–Kier alpha value is -1.81. The Morgan fingerprint density at radius 3 is 2.95 bits per heavy atom. The van der Waals surface area contributed by atoms with Gasteiger partial charge in [0.25, 0.3) is 5.91 Å². The van der Waals surface area contributed by atoms with Gasteiger partial charge >= 0.3 is 5.97 Å². The van der Waals surface area contributed by atoms with Gasteiger partial charge in [-0.15, -0.1) is 11.8 Å². The second-order valence-electron chi connectivity index (χ2n) is 5.31. The van der Waals surface area contributed by atoms with Crippen LogP contribution in [0.2, 0.25) is 0 Å². The molecule has 0 saturated carbocycles. The van der Waals surface area contributed by atoms with E-state index in [-0.39, 0.29) is 22.2 Å². The van der Waals surface area contributed by atoms with Crippen molar-refractivity contribution in [2.45, 2.75) is 23.1 Å². The van der Waals surface area contributed by atoms with Crippen LogP contribution in [0, 0.1) is 0 Å². The molecule has 0 aromatic carbocycles. The van der Waals surface area contributed by atoms with Crippen LogP contribution in [-0.2, 0) is 26.0 Å². The molecule has 4 heterocycles. The number of rotatable bonds is 2. The number of aromatic nitrogens is 2. The van der Waals surface area contributed by atoms with Crippen LogP contribution in [0.25, 0.3) is 6.08 Å². The van der Waals surface area contributed by atoms with E-state index in [0.717, 1.165) is 0 Å². The fourth-order valence-corrected chi connectivity index (χ4v) is 5.66. The number of aryl methyl sites for hydroxylation is 1. The van der Waals surface area contributed by atoms with Gasteiger partial charge in [0.1, 0.15) is 11.4 Å². The first-order valence-corrected chi connectivity index (χ1v) is 9.27.